The lowest BCUT2D eigenvalue weighted by atomic mass is 10.1. The molecule has 150 valence electrons. The summed E-state index contributed by atoms with van der Waals surface area (Å²) in [6.07, 6.45) is 1.56. The van der Waals surface area contributed by atoms with Gasteiger partial charge >= 0.3 is 0 Å². The second-order valence-electron chi connectivity index (χ2n) is 6.64. The topological polar surface area (TPSA) is 59.4 Å². The molecule has 4 rings (SSSR count). The standard InChI is InChI=1S/C23H18BrClN4O/c1-15(29-30-13-16-6-9-18(25)10-7-16)17-8-11-20(24)22(12-17)28-23-19-4-2-3-5-21(19)26-14-27-23/h2-12,14H,13H2,1H3,(H,26,27,28)/b29-15-. The number of hydrogen-bond donors (Lipinski definition) is 1. The predicted molar refractivity (Wildman–Crippen MR) is 125 cm³/mol. The molecule has 0 fully saturated rings. The number of para-hydroxylation sites is 1. The minimum Gasteiger partial charge on any atom is -0.391 e. The van der Waals surface area contributed by atoms with Gasteiger partial charge in [0.1, 0.15) is 18.8 Å². The van der Waals surface area contributed by atoms with Gasteiger partial charge in [0.2, 0.25) is 0 Å². The lowest BCUT2D eigenvalue weighted by molar-refractivity contribution is 0.130. The summed E-state index contributed by atoms with van der Waals surface area (Å²) in [5.74, 6) is 0.743. The third-order valence-electron chi connectivity index (χ3n) is 4.53. The summed E-state index contributed by atoms with van der Waals surface area (Å²) >= 11 is 9.51. The normalized spacial score (nSPS) is 11.5. The number of anilines is 2. The Bertz CT molecular complexity index is 1210. The van der Waals surface area contributed by atoms with Crippen molar-refractivity contribution in [3.05, 3.63) is 93.7 Å². The zero-order valence-corrected chi connectivity index (χ0v) is 18.5. The lowest BCUT2D eigenvalue weighted by Gasteiger charge is -2.12. The molecule has 0 amide bonds. The van der Waals surface area contributed by atoms with E-state index in [9.17, 15) is 0 Å². The molecule has 0 atom stereocenters. The molecule has 1 heterocycles. The molecule has 1 aromatic heterocycles. The fourth-order valence-electron chi connectivity index (χ4n) is 2.92. The predicted octanol–water partition coefficient (Wildman–Crippen LogP) is 6.73. The van der Waals surface area contributed by atoms with Gasteiger partial charge in [0.15, 0.2) is 0 Å². The van der Waals surface area contributed by atoms with E-state index in [0.717, 1.165) is 43.7 Å². The van der Waals surface area contributed by atoms with Crippen molar-refractivity contribution >= 4 is 55.7 Å². The quantitative estimate of drug-likeness (QED) is 0.245. The van der Waals surface area contributed by atoms with Crippen LogP contribution in [-0.2, 0) is 11.4 Å². The number of nitrogens with one attached hydrogen (secondary N) is 1. The first kappa shape index (κ1) is 20.3. The van der Waals surface area contributed by atoms with Gasteiger partial charge in [-0.3, -0.25) is 0 Å². The first-order chi connectivity index (χ1) is 14.6. The fourth-order valence-corrected chi connectivity index (χ4v) is 3.39. The van der Waals surface area contributed by atoms with Crippen LogP contribution in [0.5, 0.6) is 0 Å². The van der Waals surface area contributed by atoms with Gasteiger partial charge in [0.25, 0.3) is 0 Å². The minimum absolute atomic E-state index is 0.378. The van der Waals surface area contributed by atoms with Gasteiger partial charge in [-0.25, -0.2) is 9.97 Å². The molecular formula is C23H18BrClN4O. The van der Waals surface area contributed by atoms with Crippen LogP contribution in [0.4, 0.5) is 11.5 Å². The van der Waals surface area contributed by atoms with E-state index < -0.39 is 0 Å². The average Bonchev–Trinajstić information content (AvgIpc) is 2.77. The fraction of sp³-hybridized carbons (Fsp3) is 0.0870. The molecule has 0 aliphatic heterocycles. The van der Waals surface area contributed by atoms with E-state index in [4.69, 9.17) is 16.4 Å². The molecule has 0 aliphatic carbocycles. The zero-order valence-electron chi connectivity index (χ0n) is 16.1. The third-order valence-corrected chi connectivity index (χ3v) is 5.47. The maximum atomic E-state index is 5.91. The Balaban J connectivity index is 1.53. The molecule has 0 spiro atoms. The van der Waals surface area contributed by atoms with Crippen molar-refractivity contribution in [3.63, 3.8) is 0 Å². The Morgan fingerprint density at radius 1 is 1.07 bits per heavy atom. The highest BCUT2D eigenvalue weighted by Crippen LogP contribution is 2.29. The molecule has 4 aromatic rings. The molecule has 0 saturated heterocycles. The van der Waals surface area contributed by atoms with Crippen LogP contribution in [0.25, 0.3) is 10.9 Å². The second kappa shape index (κ2) is 9.24. The molecule has 0 aliphatic rings. The lowest BCUT2D eigenvalue weighted by Crippen LogP contribution is -2.01. The van der Waals surface area contributed by atoms with Crippen molar-refractivity contribution in [2.75, 3.05) is 5.32 Å². The Morgan fingerprint density at radius 3 is 2.70 bits per heavy atom. The van der Waals surface area contributed by atoms with E-state index in [-0.39, 0.29) is 0 Å². The SMILES string of the molecule is C/C(=N/OCc1ccc(Cl)cc1)c1ccc(Br)c(Nc2ncnc3ccccc23)c1. The summed E-state index contributed by atoms with van der Waals surface area (Å²) < 4.78 is 0.920. The van der Waals surface area contributed by atoms with E-state index in [1.54, 1.807) is 6.33 Å². The second-order valence-corrected chi connectivity index (χ2v) is 7.93. The highest BCUT2D eigenvalue weighted by Gasteiger charge is 2.08. The van der Waals surface area contributed by atoms with Gasteiger partial charge in [-0.1, -0.05) is 47.1 Å². The van der Waals surface area contributed by atoms with Crippen molar-refractivity contribution in [3.8, 4) is 0 Å². The molecule has 1 N–H and O–H groups in total. The number of hydrogen-bond acceptors (Lipinski definition) is 5. The van der Waals surface area contributed by atoms with Crippen molar-refractivity contribution in [2.45, 2.75) is 13.5 Å². The van der Waals surface area contributed by atoms with Crippen LogP contribution >= 0.6 is 27.5 Å². The van der Waals surface area contributed by atoms with Crippen LogP contribution in [0.2, 0.25) is 5.02 Å². The van der Waals surface area contributed by atoms with Crippen LogP contribution in [-0.4, -0.2) is 15.7 Å². The van der Waals surface area contributed by atoms with Gasteiger partial charge in [-0.15, -0.1) is 0 Å². The molecule has 0 bridgehead atoms. The Morgan fingerprint density at radius 2 is 1.87 bits per heavy atom. The van der Waals surface area contributed by atoms with E-state index >= 15 is 0 Å². The maximum absolute atomic E-state index is 5.91. The summed E-state index contributed by atoms with van der Waals surface area (Å²) in [5.41, 5.74) is 4.48. The molecule has 7 heteroatoms. The highest BCUT2D eigenvalue weighted by atomic mass is 79.9. The minimum atomic E-state index is 0.378. The van der Waals surface area contributed by atoms with Crippen molar-refractivity contribution in [1.82, 2.24) is 9.97 Å². The smallest absolute Gasteiger partial charge is 0.142 e. The van der Waals surface area contributed by atoms with Gasteiger partial charge in [0, 0.05) is 20.4 Å². The largest absolute Gasteiger partial charge is 0.391 e. The Kier molecular flexibility index (Phi) is 6.26. The Hall–Kier alpha value is -2.96. The van der Waals surface area contributed by atoms with E-state index in [1.807, 2.05) is 73.7 Å². The highest BCUT2D eigenvalue weighted by molar-refractivity contribution is 9.10. The van der Waals surface area contributed by atoms with E-state index in [1.165, 1.54) is 0 Å². The van der Waals surface area contributed by atoms with Crippen molar-refractivity contribution < 1.29 is 4.84 Å². The molecule has 0 unspecified atom stereocenters. The van der Waals surface area contributed by atoms with Crippen molar-refractivity contribution in [2.24, 2.45) is 5.16 Å². The van der Waals surface area contributed by atoms with Gasteiger partial charge in [0.05, 0.1) is 16.9 Å². The summed E-state index contributed by atoms with van der Waals surface area (Å²) in [4.78, 5) is 14.2. The van der Waals surface area contributed by atoms with Crippen LogP contribution in [0.3, 0.4) is 0 Å². The molecule has 5 nitrogen and oxygen atoms in total. The molecule has 0 radical (unpaired) electrons. The van der Waals surface area contributed by atoms with E-state index in [2.05, 4.69) is 36.4 Å². The zero-order chi connectivity index (χ0) is 20.9. The summed E-state index contributed by atoms with van der Waals surface area (Å²) in [6.45, 7) is 2.29. The summed E-state index contributed by atoms with van der Waals surface area (Å²) in [5, 5.41) is 9.30. The number of fused-ring (bicyclic) bond motifs is 1. The molecule has 30 heavy (non-hydrogen) atoms. The summed E-state index contributed by atoms with van der Waals surface area (Å²) in [7, 11) is 0. The van der Waals surface area contributed by atoms with E-state index in [0.29, 0.717) is 11.6 Å². The maximum Gasteiger partial charge on any atom is 0.142 e. The van der Waals surface area contributed by atoms with Crippen LogP contribution in [0, 0.1) is 0 Å². The van der Waals surface area contributed by atoms with Crippen LogP contribution < -0.4 is 5.32 Å². The number of benzene rings is 3. The van der Waals surface area contributed by atoms with Crippen molar-refractivity contribution in [1.29, 1.82) is 0 Å². The first-order valence-corrected chi connectivity index (χ1v) is 10.4. The first-order valence-electron chi connectivity index (χ1n) is 9.28. The summed E-state index contributed by atoms with van der Waals surface area (Å²) in [6, 6.07) is 21.3. The number of halogens is 2. The number of nitrogens with zero attached hydrogens (tertiary/aromatic N) is 3. The average molecular weight is 482 g/mol. The van der Waals surface area contributed by atoms with Crippen LogP contribution in [0.15, 0.2) is 82.7 Å². The monoisotopic (exact) mass is 480 g/mol. The molecule has 0 saturated carbocycles. The number of oxime groups is 1. The van der Waals surface area contributed by atoms with Crippen LogP contribution in [0.1, 0.15) is 18.1 Å². The number of rotatable bonds is 6. The Labute approximate surface area is 187 Å². The molecule has 3 aromatic carbocycles. The number of aromatic nitrogens is 2. The van der Waals surface area contributed by atoms with Gasteiger partial charge in [-0.2, -0.15) is 0 Å². The van der Waals surface area contributed by atoms with Gasteiger partial charge < -0.3 is 10.2 Å². The third kappa shape index (κ3) is 4.78. The van der Waals surface area contributed by atoms with Gasteiger partial charge in [-0.05, 0) is 64.8 Å². The molecular weight excluding hydrogens is 464 g/mol.